The molecule has 1 saturated heterocycles. The van der Waals surface area contributed by atoms with Gasteiger partial charge < -0.3 is 10.1 Å². The van der Waals surface area contributed by atoms with Gasteiger partial charge in [0.25, 0.3) is 0 Å². The van der Waals surface area contributed by atoms with E-state index in [0.29, 0.717) is 12.2 Å². The van der Waals surface area contributed by atoms with Crippen LogP contribution in [0.1, 0.15) is 6.42 Å². The van der Waals surface area contributed by atoms with Gasteiger partial charge in [0.05, 0.1) is 24.3 Å². The summed E-state index contributed by atoms with van der Waals surface area (Å²) in [6.45, 7) is 0. The first-order valence-corrected chi connectivity index (χ1v) is 7.13. The number of methoxy groups -OCH3 is 1. The van der Waals surface area contributed by atoms with E-state index in [1.54, 1.807) is 0 Å². The van der Waals surface area contributed by atoms with E-state index in [2.05, 4.69) is 5.32 Å². The zero-order valence-electron chi connectivity index (χ0n) is 9.44. The van der Waals surface area contributed by atoms with E-state index in [4.69, 9.17) is 4.74 Å². The van der Waals surface area contributed by atoms with Gasteiger partial charge in [0.15, 0.2) is 9.84 Å². The van der Waals surface area contributed by atoms with Crippen molar-refractivity contribution in [3.8, 4) is 5.75 Å². The normalized spacial score (nSPS) is 22.4. The number of halogens is 1. The molecule has 1 aromatic rings. The number of hydrogen-bond donors (Lipinski definition) is 1. The smallest absolute Gasteiger partial charge is 0.152 e. The van der Waals surface area contributed by atoms with E-state index in [0.717, 1.165) is 0 Å². The molecule has 94 valence electrons. The van der Waals surface area contributed by atoms with Gasteiger partial charge in [-0.1, -0.05) is 0 Å². The van der Waals surface area contributed by atoms with Crippen LogP contribution in [0, 0.1) is 5.82 Å². The van der Waals surface area contributed by atoms with E-state index in [1.807, 2.05) is 0 Å². The Bertz CT molecular complexity index is 515. The Morgan fingerprint density at radius 2 is 2.24 bits per heavy atom. The second-order valence-electron chi connectivity index (χ2n) is 4.09. The summed E-state index contributed by atoms with van der Waals surface area (Å²) < 4.78 is 41.0. The Balaban J connectivity index is 2.13. The highest BCUT2D eigenvalue weighted by atomic mass is 32.2. The molecule has 0 aromatic heterocycles. The third-order valence-electron chi connectivity index (χ3n) is 2.77. The number of hydrogen-bond acceptors (Lipinski definition) is 4. The number of rotatable bonds is 3. The lowest BCUT2D eigenvalue weighted by Crippen LogP contribution is -2.21. The minimum Gasteiger partial charge on any atom is -0.497 e. The Hall–Kier alpha value is -1.30. The third kappa shape index (κ3) is 2.88. The molecular weight excluding hydrogens is 245 g/mol. The second kappa shape index (κ2) is 4.52. The minimum atomic E-state index is -2.96. The fraction of sp³-hybridized carbons (Fsp3) is 0.455. The number of sulfone groups is 1. The molecule has 17 heavy (non-hydrogen) atoms. The fourth-order valence-electron chi connectivity index (χ4n) is 1.87. The average Bonchev–Trinajstić information content (AvgIpc) is 2.61. The molecule has 1 fully saturated rings. The van der Waals surface area contributed by atoms with Crippen molar-refractivity contribution >= 4 is 15.5 Å². The Morgan fingerprint density at radius 1 is 1.47 bits per heavy atom. The maximum absolute atomic E-state index is 13.5. The molecule has 6 heteroatoms. The van der Waals surface area contributed by atoms with Crippen LogP contribution in [-0.2, 0) is 9.84 Å². The molecule has 0 saturated carbocycles. The maximum Gasteiger partial charge on any atom is 0.152 e. The summed E-state index contributed by atoms with van der Waals surface area (Å²) in [6, 6.07) is 4.12. The van der Waals surface area contributed by atoms with Crippen molar-refractivity contribution in [2.24, 2.45) is 0 Å². The molecule has 1 N–H and O–H groups in total. The van der Waals surface area contributed by atoms with Gasteiger partial charge in [-0.3, -0.25) is 0 Å². The van der Waals surface area contributed by atoms with Crippen LogP contribution in [0.3, 0.4) is 0 Å². The highest BCUT2D eigenvalue weighted by Gasteiger charge is 2.28. The van der Waals surface area contributed by atoms with E-state index >= 15 is 0 Å². The predicted molar refractivity (Wildman–Crippen MR) is 63.6 cm³/mol. The van der Waals surface area contributed by atoms with Gasteiger partial charge in [-0.25, -0.2) is 12.8 Å². The molecule has 0 aliphatic carbocycles. The molecule has 2 rings (SSSR count). The molecule has 0 spiro atoms. The summed E-state index contributed by atoms with van der Waals surface area (Å²) in [6.07, 6.45) is 0.513. The molecule has 1 heterocycles. The van der Waals surface area contributed by atoms with Gasteiger partial charge in [-0.15, -0.1) is 0 Å². The van der Waals surface area contributed by atoms with Gasteiger partial charge in [0.1, 0.15) is 11.6 Å². The van der Waals surface area contributed by atoms with Crippen molar-refractivity contribution in [3.63, 3.8) is 0 Å². The molecule has 1 aromatic carbocycles. The third-order valence-corrected chi connectivity index (χ3v) is 4.53. The molecule has 0 amide bonds. The predicted octanol–water partition coefficient (Wildman–Crippen LogP) is 1.43. The van der Waals surface area contributed by atoms with Crippen LogP contribution in [0.4, 0.5) is 10.1 Å². The first-order chi connectivity index (χ1) is 8.00. The number of nitrogens with one attached hydrogen (secondary N) is 1. The number of anilines is 1. The SMILES string of the molecule is COc1ccc(F)c(NC2CCS(=O)(=O)C2)c1. The minimum absolute atomic E-state index is 0.0592. The van der Waals surface area contributed by atoms with Gasteiger partial charge in [-0.05, 0) is 18.6 Å². The van der Waals surface area contributed by atoms with E-state index in [9.17, 15) is 12.8 Å². The lowest BCUT2D eigenvalue weighted by atomic mass is 10.2. The van der Waals surface area contributed by atoms with Crippen LogP contribution >= 0.6 is 0 Å². The summed E-state index contributed by atoms with van der Waals surface area (Å²) >= 11 is 0. The van der Waals surface area contributed by atoms with E-state index in [-0.39, 0.29) is 23.2 Å². The van der Waals surface area contributed by atoms with Gasteiger partial charge in [0.2, 0.25) is 0 Å². The molecule has 1 aliphatic rings. The van der Waals surface area contributed by atoms with Crippen molar-refractivity contribution in [2.45, 2.75) is 12.5 Å². The first-order valence-electron chi connectivity index (χ1n) is 5.31. The van der Waals surface area contributed by atoms with Crippen molar-refractivity contribution in [2.75, 3.05) is 23.9 Å². The van der Waals surface area contributed by atoms with Crippen LogP contribution in [0.15, 0.2) is 18.2 Å². The van der Waals surface area contributed by atoms with Gasteiger partial charge >= 0.3 is 0 Å². The molecular formula is C11H14FNO3S. The first kappa shape index (κ1) is 12.2. The number of ether oxygens (including phenoxy) is 1. The monoisotopic (exact) mass is 259 g/mol. The highest BCUT2D eigenvalue weighted by molar-refractivity contribution is 7.91. The zero-order valence-corrected chi connectivity index (χ0v) is 10.3. The molecule has 1 unspecified atom stereocenters. The number of benzene rings is 1. The summed E-state index contributed by atoms with van der Waals surface area (Å²) in [7, 11) is -1.46. The molecule has 0 bridgehead atoms. The largest absolute Gasteiger partial charge is 0.497 e. The summed E-state index contributed by atoms with van der Waals surface area (Å²) in [5, 5.41) is 2.91. The maximum atomic E-state index is 13.5. The van der Waals surface area contributed by atoms with E-state index in [1.165, 1.54) is 25.3 Å². The topological polar surface area (TPSA) is 55.4 Å². The fourth-order valence-corrected chi connectivity index (χ4v) is 3.54. The van der Waals surface area contributed by atoms with Gasteiger partial charge in [-0.2, -0.15) is 0 Å². The lowest BCUT2D eigenvalue weighted by molar-refractivity contribution is 0.414. The Labute approximate surface area is 99.7 Å². The summed E-state index contributed by atoms with van der Waals surface area (Å²) in [5.74, 6) is 0.352. The van der Waals surface area contributed by atoms with Crippen LogP contribution in [0.25, 0.3) is 0 Å². The Kier molecular flexibility index (Phi) is 3.24. The summed E-state index contributed by atoms with van der Waals surface area (Å²) in [4.78, 5) is 0. The van der Waals surface area contributed by atoms with Crippen molar-refractivity contribution < 1.29 is 17.5 Å². The zero-order chi connectivity index (χ0) is 12.5. The average molecular weight is 259 g/mol. The second-order valence-corrected chi connectivity index (χ2v) is 6.32. The van der Waals surface area contributed by atoms with Crippen LogP contribution in [0.5, 0.6) is 5.75 Å². The summed E-state index contributed by atoms with van der Waals surface area (Å²) in [5.41, 5.74) is 0.284. The van der Waals surface area contributed by atoms with Crippen molar-refractivity contribution in [1.82, 2.24) is 0 Å². The van der Waals surface area contributed by atoms with Crippen LogP contribution in [0.2, 0.25) is 0 Å². The van der Waals surface area contributed by atoms with Crippen molar-refractivity contribution in [3.05, 3.63) is 24.0 Å². The molecule has 0 radical (unpaired) electrons. The molecule has 4 nitrogen and oxygen atoms in total. The quantitative estimate of drug-likeness (QED) is 0.892. The van der Waals surface area contributed by atoms with E-state index < -0.39 is 15.7 Å². The standard InChI is InChI=1S/C11H14FNO3S/c1-16-9-2-3-10(12)11(6-9)13-8-4-5-17(14,15)7-8/h2-3,6,8,13H,4-5,7H2,1H3. The van der Waals surface area contributed by atoms with Gasteiger partial charge in [0, 0.05) is 12.1 Å². The van der Waals surface area contributed by atoms with Crippen LogP contribution < -0.4 is 10.1 Å². The molecule has 1 aliphatic heterocycles. The Morgan fingerprint density at radius 3 is 2.82 bits per heavy atom. The molecule has 1 atom stereocenters. The highest BCUT2D eigenvalue weighted by Crippen LogP contribution is 2.24. The van der Waals surface area contributed by atoms with Crippen LogP contribution in [-0.4, -0.2) is 33.1 Å². The lowest BCUT2D eigenvalue weighted by Gasteiger charge is -2.13. The van der Waals surface area contributed by atoms with Crippen molar-refractivity contribution in [1.29, 1.82) is 0 Å².